The van der Waals surface area contributed by atoms with Gasteiger partial charge < -0.3 is 15.7 Å². The molecule has 0 saturated carbocycles. The fourth-order valence-electron chi connectivity index (χ4n) is 2.37. The van der Waals surface area contributed by atoms with Gasteiger partial charge in [0.05, 0.1) is 12.0 Å². The Bertz CT molecular complexity index is 416. The molecule has 98 valence electrons. The van der Waals surface area contributed by atoms with Gasteiger partial charge in [-0.05, 0) is 30.5 Å². The number of primary amides is 1. The van der Waals surface area contributed by atoms with Crippen LogP contribution in [0.25, 0.3) is 0 Å². The van der Waals surface area contributed by atoms with E-state index in [9.17, 15) is 9.90 Å². The van der Waals surface area contributed by atoms with Crippen molar-refractivity contribution in [2.45, 2.75) is 25.9 Å². The average Bonchev–Trinajstić information content (AvgIpc) is 2.88. The first-order valence-corrected chi connectivity index (χ1v) is 6.44. The van der Waals surface area contributed by atoms with Gasteiger partial charge in [-0.25, -0.2) is 0 Å². The number of anilines is 1. The average molecular weight is 248 g/mol. The topological polar surface area (TPSA) is 66.6 Å². The quantitative estimate of drug-likeness (QED) is 0.847. The van der Waals surface area contributed by atoms with Crippen molar-refractivity contribution < 1.29 is 9.90 Å². The lowest BCUT2D eigenvalue weighted by Crippen LogP contribution is -2.27. The normalized spacial score (nSPS) is 21.0. The molecule has 0 bridgehead atoms. The van der Waals surface area contributed by atoms with Crippen LogP contribution >= 0.6 is 0 Å². The van der Waals surface area contributed by atoms with Crippen LogP contribution in [-0.2, 0) is 4.79 Å². The number of carbonyl (C=O) groups excluding carboxylic acids is 1. The summed E-state index contributed by atoms with van der Waals surface area (Å²) in [4.78, 5) is 13.3. The highest BCUT2D eigenvalue weighted by Gasteiger charge is 2.26. The number of rotatable bonds is 4. The van der Waals surface area contributed by atoms with Gasteiger partial charge >= 0.3 is 0 Å². The number of nitrogens with zero attached hydrogens (tertiary/aromatic N) is 1. The Balaban J connectivity index is 2.05. The van der Waals surface area contributed by atoms with Gasteiger partial charge in [-0.1, -0.05) is 19.1 Å². The number of carbonyl (C=O) groups is 1. The summed E-state index contributed by atoms with van der Waals surface area (Å²) < 4.78 is 0. The molecule has 1 aliphatic heterocycles. The summed E-state index contributed by atoms with van der Waals surface area (Å²) in [5.74, 6) is -0.249. The van der Waals surface area contributed by atoms with Gasteiger partial charge in [0, 0.05) is 18.8 Å². The SMILES string of the molecule is CC[C@H](O)c1ccc(N2CCC(C(N)=O)C2)cc1. The molecule has 4 nitrogen and oxygen atoms in total. The zero-order chi connectivity index (χ0) is 13.1. The molecule has 0 aromatic heterocycles. The van der Waals surface area contributed by atoms with Crippen LogP contribution in [0.1, 0.15) is 31.4 Å². The Labute approximate surface area is 107 Å². The molecule has 0 aliphatic carbocycles. The maximum Gasteiger partial charge on any atom is 0.222 e. The third-order valence-corrected chi connectivity index (χ3v) is 3.62. The van der Waals surface area contributed by atoms with E-state index in [1.807, 2.05) is 31.2 Å². The molecular weight excluding hydrogens is 228 g/mol. The van der Waals surface area contributed by atoms with Crippen LogP contribution in [0, 0.1) is 5.92 Å². The number of aliphatic hydroxyl groups is 1. The van der Waals surface area contributed by atoms with Crippen LogP contribution in [-0.4, -0.2) is 24.1 Å². The van der Waals surface area contributed by atoms with E-state index >= 15 is 0 Å². The summed E-state index contributed by atoms with van der Waals surface area (Å²) in [6.45, 7) is 3.52. The van der Waals surface area contributed by atoms with Gasteiger partial charge in [0.25, 0.3) is 0 Å². The highest BCUT2D eigenvalue weighted by atomic mass is 16.3. The van der Waals surface area contributed by atoms with Crippen LogP contribution < -0.4 is 10.6 Å². The van der Waals surface area contributed by atoms with E-state index in [-0.39, 0.29) is 11.8 Å². The number of nitrogens with two attached hydrogens (primary N) is 1. The molecule has 3 N–H and O–H groups in total. The molecule has 1 aliphatic rings. The first-order valence-electron chi connectivity index (χ1n) is 6.44. The summed E-state index contributed by atoms with van der Waals surface area (Å²) in [5.41, 5.74) is 7.35. The Kier molecular flexibility index (Phi) is 3.87. The first kappa shape index (κ1) is 12.9. The fourth-order valence-corrected chi connectivity index (χ4v) is 2.37. The van der Waals surface area contributed by atoms with Crippen molar-refractivity contribution in [3.05, 3.63) is 29.8 Å². The van der Waals surface area contributed by atoms with E-state index in [1.165, 1.54) is 0 Å². The van der Waals surface area contributed by atoms with Crippen LogP contribution in [0.3, 0.4) is 0 Å². The zero-order valence-corrected chi connectivity index (χ0v) is 10.7. The third-order valence-electron chi connectivity index (χ3n) is 3.62. The second-order valence-electron chi connectivity index (χ2n) is 4.85. The maximum atomic E-state index is 11.1. The molecule has 1 fully saturated rings. The summed E-state index contributed by atoms with van der Waals surface area (Å²) in [5, 5.41) is 9.73. The lowest BCUT2D eigenvalue weighted by Gasteiger charge is -2.19. The molecule has 1 amide bonds. The molecule has 1 heterocycles. The van der Waals surface area contributed by atoms with Crippen LogP contribution in [0.2, 0.25) is 0 Å². The predicted molar refractivity (Wildman–Crippen MR) is 71.2 cm³/mol. The molecular formula is C14H20N2O2. The second-order valence-corrected chi connectivity index (χ2v) is 4.85. The van der Waals surface area contributed by atoms with Crippen LogP contribution in [0.5, 0.6) is 0 Å². The van der Waals surface area contributed by atoms with Crippen molar-refractivity contribution in [3.8, 4) is 0 Å². The Morgan fingerprint density at radius 3 is 2.67 bits per heavy atom. The molecule has 1 unspecified atom stereocenters. The maximum absolute atomic E-state index is 11.1. The molecule has 2 rings (SSSR count). The Hall–Kier alpha value is -1.55. The lowest BCUT2D eigenvalue weighted by molar-refractivity contribution is -0.121. The van der Waals surface area contributed by atoms with Gasteiger partial charge in [-0.3, -0.25) is 4.79 Å². The van der Waals surface area contributed by atoms with Gasteiger partial charge in [-0.2, -0.15) is 0 Å². The first-order chi connectivity index (χ1) is 8.61. The van der Waals surface area contributed by atoms with Crippen molar-refractivity contribution in [1.29, 1.82) is 0 Å². The van der Waals surface area contributed by atoms with E-state index in [0.717, 1.165) is 24.2 Å². The Morgan fingerprint density at radius 2 is 2.17 bits per heavy atom. The summed E-state index contributed by atoms with van der Waals surface area (Å²) >= 11 is 0. The van der Waals surface area contributed by atoms with E-state index in [2.05, 4.69) is 4.90 Å². The molecule has 2 atom stereocenters. The summed E-state index contributed by atoms with van der Waals surface area (Å²) in [6, 6.07) is 7.89. The summed E-state index contributed by atoms with van der Waals surface area (Å²) in [6.07, 6.45) is 1.15. The van der Waals surface area contributed by atoms with Gasteiger partial charge in [-0.15, -0.1) is 0 Å². The number of amides is 1. The van der Waals surface area contributed by atoms with E-state index in [4.69, 9.17) is 5.73 Å². The van der Waals surface area contributed by atoms with E-state index < -0.39 is 6.10 Å². The highest BCUT2D eigenvalue weighted by Crippen LogP contribution is 2.25. The van der Waals surface area contributed by atoms with E-state index in [0.29, 0.717) is 13.0 Å². The largest absolute Gasteiger partial charge is 0.388 e. The number of hydrogen-bond acceptors (Lipinski definition) is 3. The van der Waals surface area contributed by atoms with Crippen molar-refractivity contribution >= 4 is 11.6 Å². The van der Waals surface area contributed by atoms with Crippen LogP contribution in [0.15, 0.2) is 24.3 Å². The third kappa shape index (κ3) is 2.64. The summed E-state index contributed by atoms with van der Waals surface area (Å²) in [7, 11) is 0. The van der Waals surface area contributed by atoms with Gasteiger partial charge in [0.2, 0.25) is 5.91 Å². The number of aliphatic hydroxyl groups excluding tert-OH is 1. The van der Waals surface area contributed by atoms with Crippen molar-refractivity contribution in [2.75, 3.05) is 18.0 Å². The molecule has 1 aromatic carbocycles. The molecule has 1 saturated heterocycles. The number of benzene rings is 1. The molecule has 4 heteroatoms. The van der Waals surface area contributed by atoms with Crippen molar-refractivity contribution in [2.24, 2.45) is 11.7 Å². The monoisotopic (exact) mass is 248 g/mol. The zero-order valence-electron chi connectivity index (χ0n) is 10.7. The molecule has 1 aromatic rings. The minimum atomic E-state index is -0.393. The minimum Gasteiger partial charge on any atom is -0.388 e. The predicted octanol–water partition coefficient (Wildman–Crippen LogP) is 1.44. The van der Waals surface area contributed by atoms with Gasteiger partial charge in [0.15, 0.2) is 0 Å². The second kappa shape index (κ2) is 5.40. The highest BCUT2D eigenvalue weighted by molar-refractivity contribution is 5.78. The number of hydrogen-bond donors (Lipinski definition) is 2. The minimum absolute atomic E-state index is 0.0362. The molecule has 0 radical (unpaired) electrons. The van der Waals surface area contributed by atoms with Crippen molar-refractivity contribution in [1.82, 2.24) is 0 Å². The standard InChI is InChI=1S/C14H20N2O2/c1-2-13(17)10-3-5-12(6-4-10)16-8-7-11(9-16)14(15)18/h3-6,11,13,17H,2,7-9H2,1H3,(H2,15,18)/t11?,13-/m0/s1. The van der Waals surface area contributed by atoms with E-state index in [1.54, 1.807) is 0 Å². The fraction of sp³-hybridized carbons (Fsp3) is 0.500. The van der Waals surface area contributed by atoms with Gasteiger partial charge in [0.1, 0.15) is 0 Å². The van der Waals surface area contributed by atoms with Crippen LogP contribution in [0.4, 0.5) is 5.69 Å². The molecule has 18 heavy (non-hydrogen) atoms. The Morgan fingerprint density at radius 1 is 1.50 bits per heavy atom. The van der Waals surface area contributed by atoms with Crippen molar-refractivity contribution in [3.63, 3.8) is 0 Å². The smallest absolute Gasteiger partial charge is 0.222 e. The lowest BCUT2D eigenvalue weighted by atomic mass is 10.1. The molecule has 0 spiro atoms.